The van der Waals surface area contributed by atoms with Crippen molar-refractivity contribution in [2.24, 2.45) is 0 Å². The van der Waals surface area contributed by atoms with E-state index in [0.29, 0.717) is 6.42 Å². The predicted octanol–water partition coefficient (Wildman–Crippen LogP) is 2.31. The standard InChI is InChI=1S/C15H18N2O2/c1-3-11-14-10(8-13(16-11)15(18)19-2)9-6-4-5-7-12(9)17-14/h4-7,11,13,16-17H,3,8H2,1-2H3. The Kier molecular flexibility index (Phi) is 3.03. The third-order valence-corrected chi connectivity index (χ3v) is 3.90. The van der Waals surface area contributed by atoms with E-state index in [2.05, 4.69) is 29.4 Å². The third kappa shape index (κ3) is 1.92. The Morgan fingerprint density at radius 2 is 2.21 bits per heavy atom. The van der Waals surface area contributed by atoms with Crippen molar-refractivity contribution in [3.05, 3.63) is 35.5 Å². The lowest BCUT2D eigenvalue weighted by molar-refractivity contribution is -0.143. The second kappa shape index (κ2) is 4.70. The van der Waals surface area contributed by atoms with Gasteiger partial charge in [-0.15, -0.1) is 0 Å². The number of hydrogen-bond donors (Lipinski definition) is 2. The minimum absolute atomic E-state index is 0.181. The number of aromatic amines is 1. The van der Waals surface area contributed by atoms with E-state index in [1.807, 2.05) is 12.1 Å². The van der Waals surface area contributed by atoms with Gasteiger partial charge in [0.2, 0.25) is 0 Å². The number of rotatable bonds is 2. The molecule has 0 amide bonds. The Balaban J connectivity index is 2.09. The van der Waals surface area contributed by atoms with Crippen LogP contribution in [0.15, 0.2) is 24.3 Å². The lowest BCUT2D eigenvalue weighted by atomic mass is 9.93. The zero-order valence-electron chi connectivity index (χ0n) is 11.2. The number of nitrogens with one attached hydrogen (secondary N) is 2. The number of carbonyl (C=O) groups is 1. The number of esters is 1. The molecule has 1 aromatic carbocycles. The van der Waals surface area contributed by atoms with Gasteiger partial charge in [-0.3, -0.25) is 10.1 Å². The monoisotopic (exact) mass is 258 g/mol. The number of methoxy groups -OCH3 is 1. The molecule has 2 heterocycles. The van der Waals surface area contributed by atoms with E-state index < -0.39 is 0 Å². The number of para-hydroxylation sites is 1. The highest BCUT2D eigenvalue weighted by atomic mass is 16.5. The molecule has 4 nitrogen and oxygen atoms in total. The smallest absolute Gasteiger partial charge is 0.323 e. The Morgan fingerprint density at radius 1 is 1.42 bits per heavy atom. The molecule has 0 spiro atoms. The molecule has 2 aromatic rings. The molecule has 1 aliphatic rings. The van der Waals surface area contributed by atoms with Crippen LogP contribution < -0.4 is 5.32 Å². The molecule has 0 aliphatic carbocycles. The van der Waals surface area contributed by atoms with Crippen LogP contribution in [0.3, 0.4) is 0 Å². The Hall–Kier alpha value is -1.81. The van der Waals surface area contributed by atoms with Crippen LogP contribution in [0.5, 0.6) is 0 Å². The van der Waals surface area contributed by atoms with Gasteiger partial charge in [0.05, 0.1) is 7.11 Å². The molecule has 1 aliphatic heterocycles. The summed E-state index contributed by atoms with van der Waals surface area (Å²) < 4.78 is 4.87. The summed E-state index contributed by atoms with van der Waals surface area (Å²) in [4.78, 5) is 15.3. The van der Waals surface area contributed by atoms with Gasteiger partial charge in [-0.1, -0.05) is 25.1 Å². The number of H-pyrrole nitrogens is 1. The second-order valence-electron chi connectivity index (χ2n) is 4.97. The van der Waals surface area contributed by atoms with Crippen LogP contribution in [0.2, 0.25) is 0 Å². The molecule has 19 heavy (non-hydrogen) atoms. The number of aromatic nitrogens is 1. The maximum absolute atomic E-state index is 11.8. The van der Waals surface area contributed by atoms with Crippen molar-refractivity contribution >= 4 is 16.9 Å². The minimum Gasteiger partial charge on any atom is -0.468 e. The van der Waals surface area contributed by atoms with E-state index in [4.69, 9.17) is 4.74 Å². The highest BCUT2D eigenvalue weighted by Gasteiger charge is 2.32. The molecule has 3 rings (SSSR count). The van der Waals surface area contributed by atoms with Gasteiger partial charge < -0.3 is 9.72 Å². The Labute approximate surface area is 112 Å². The molecule has 2 unspecified atom stereocenters. The number of fused-ring (bicyclic) bond motifs is 3. The van der Waals surface area contributed by atoms with Gasteiger partial charge in [0.25, 0.3) is 0 Å². The number of carbonyl (C=O) groups excluding carboxylic acids is 1. The lowest BCUT2D eigenvalue weighted by Crippen LogP contribution is -2.45. The highest BCUT2D eigenvalue weighted by molar-refractivity contribution is 5.87. The summed E-state index contributed by atoms with van der Waals surface area (Å²) in [6.45, 7) is 2.12. The van der Waals surface area contributed by atoms with Crippen molar-refractivity contribution in [3.8, 4) is 0 Å². The van der Waals surface area contributed by atoms with E-state index in [1.54, 1.807) is 0 Å². The van der Waals surface area contributed by atoms with Gasteiger partial charge in [0.15, 0.2) is 0 Å². The van der Waals surface area contributed by atoms with E-state index in [-0.39, 0.29) is 18.1 Å². The number of hydrogen-bond acceptors (Lipinski definition) is 3. The molecule has 4 heteroatoms. The average molecular weight is 258 g/mol. The number of ether oxygens (including phenoxy) is 1. The molecule has 100 valence electrons. The van der Waals surface area contributed by atoms with Gasteiger partial charge >= 0.3 is 5.97 Å². The van der Waals surface area contributed by atoms with Crippen LogP contribution >= 0.6 is 0 Å². The first-order valence-corrected chi connectivity index (χ1v) is 6.68. The Bertz CT molecular complexity index is 618. The zero-order valence-corrected chi connectivity index (χ0v) is 11.2. The third-order valence-electron chi connectivity index (χ3n) is 3.90. The normalized spacial score (nSPS) is 22.2. The first-order chi connectivity index (χ1) is 9.24. The summed E-state index contributed by atoms with van der Waals surface area (Å²) >= 11 is 0. The summed E-state index contributed by atoms with van der Waals surface area (Å²) in [7, 11) is 1.44. The van der Waals surface area contributed by atoms with Gasteiger partial charge in [0.1, 0.15) is 6.04 Å². The molecule has 0 bridgehead atoms. The summed E-state index contributed by atoms with van der Waals surface area (Å²) in [6.07, 6.45) is 1.62. The molecule has 0 saturated carbocycles. The van der Waals surface area contributed by atoms with Crippen molar-refractivity contribution in [1.82, 2.24) is 10.3 Å². The van der Waals surface area contributed by atoms with Crippen LogP contribution in [-0.4, -0.2) is 24.1 Å². The summed E-state index contributed by atoms with van der Waals surface area (Å²) in [5.74, 6) is -0.186. The number of benzene rings is 1. The fourth-order valence-electron chi connectivity index (χ4n) is 2.94. The minimum atomic E-state index is -0.248. The molecule has 0 radical (unpaired) electrons. The molecule has 0 fully saturated rings. The molecule has 2 atom stereocenters. The summed E-state index contributed by atoms with van der Waals surface area (Å²) in [5.41, 5.74) is 3.60. The maximum atomic E-state index is 11.8. The molecule has 0 saturated heterocycles. The van der Waals surface area contributed by atoms with Gasteiger partial charge in [-0.2, -0.15) is 0 Å². The van der Waals surface area contributed by atoms with E-state index in [1.165, 1.54) is 23.8 Å². The predicted molar refractivity (Wildman–Crippen MR) is 74.0 cm³/mol. The first kappa shape index (κ1) is 12.2. The fraction of sp³-hybridized carbons (Fsp3) is 0.400. The van der Waals surface area contributed by atoms with Gasteiger partial charge in [0, 0.05) is 29.1 Å². The molecular formula is C15H18N2O2. The quantitative estimate of drug-likeness (QED) is 0.813. The summed E-state index contributed by atoms with van der Waals surface area (Å²) in [6, 6.07) is 8.18. The fourth-order valence-corrected chi connectivity index (χ4v) is 2.94. The summed E-state index contributed by atoms with van der Waals surface area (Å²) in [5, 5.41) is 4.58. The van der Waals surface area contributed by atoms with Crippen LogP contribution in [0, 0.1) is 0 Å². The van der Waals surface area contributed by atoms with Crippen LogP contribution in [0.4, 0.5) is 0 Å². The zero-order chi connectivity index (χ0) is 13.4. The Morgan fingerprint density at radius 3 is 2.95 bits per heavy atom. The van der Waals surface area contributed by atoms with Crippen LogP contribution in [0.1, 0.15) is 30.6 Å². The molecular weight excluding hydrogens is 240 g/mol. The van der Waals surface area contributed by atoms with Gasteiger partial charge in [-0.05, 0) is 18.1 Å². The van der Waals surface area contributed by atoms with Gasteiger partial charge in [-0.25, -0.2) is 0 Å². The van der Waals surface area contributed by atoms with Crippen molar-refractivity contribution in [3.63, 3.8) is 0 Å². The lowest BCUT2D eigenvalue weighted by Gasteiger charge is -2.29. The van der Waals surface area contributed by atoms with Crippen molar-refractivity contribution in [2.75, 3.05) is 7.11 Å². The van der Waals surface area contributed by atoms with Crippen molar-refractivity contribution < 1.29 is 9.53 Å². The van der Waals surface area contributed by atoms with E-state index in [0.717, 1.165) is 11.9 Å². The first-order valence-electron chi connectivity index (χ1n) is 6.68. The van der Waals surface area contributed by atoms with Crippen LogP contribution in [0.25, 0.3) is 10.9 Å². The molecule has 1 aromatic heterocycles. The second-order valence-corrected chi connectivity index (χ2v) is 4.97. The van der Waals surface area contributed by atoms with E-state index >= 15 is 0 Å². The largest absolute Gasteiger partial charge is 0.468 e. The average Bonchev–Trinajstić information content (AvgIpc) is 2.84. The topological polar surface area (TPSA) is 54.1 Å². The van der Waals surface area contributed by atoms with Crippen molar-refractivity contribution in [1.29, 1.82) is 0 Å². The molecule has 2 N–H and O–H groups in total. The SMILES string of the molecule is CCC1NC(C(=O)OC)Cc2c1[nH]c1ccccc21. The van der Waals surface area contributed by atoms with Crippen molar-refractivity contribution in [2.45, 2.75) is 31.8 Å². The highest BCUT2D eigenvalue weighted by Crippen LogP contribution is 2.33. The van der Waals surface area contributed by atoms with Crippen LogP contribution in [-0.2, 0) is 16.0 Å². The van der Waals surface area contributed by atoms with E-state index in [9.17, 15) is 4.79 Å². The maximum Gasteiger partial charge on any atom is 0.323 e.